The van der Waals surface area contributed by atoms with Gasteiger partial charge in [0.2, 0.25) is 0 Å². The quantitative estimate of drug-likeness (QED) is 0.338. The van der Waals surface area contributed by atoms with E-state index in [1.165, 1.54) is 40.8 Å². The second-order valence-electron chi connectivity index (χ2n) is 7.76. The summed E-state index contributed by atoms with van der Waals surface area (Å²) in [5.41, 5.74) is 6.21. The van der Waals surface area contributed by atoms with Crippen LogP contribution in [0.5, 0.6) is 5.75 Å². The summed E-state index contributed by atoms with van der Waals surface area (Å²) < 4.78 is 5.82. The van der Waals surface area contributed by atoms with Gasteiger partial charge in [0.05, 0.1) is 6.61 Å². The molecule has 1 unspecified atom stereocenters. The fourth-order valence-corrected chi connectivity index (χ4v) is 3.54. The van der Waals surface area contributed by atoms with E-state index >= 15 is 0 Å². The first-order valence-corrected chi connectivity index (χ1v) is 11.0. The zero-order chi connectivity index (χ0) is 20.5. The Kier molecular flexibility index (Phi) is 7.86. The molecule has 3 aromatic rings. The van der Waals surface area contributed by atoms with Crippen LogP contribution in [0.25, 0.3) is 11.1 Å². The number of ether oxygens (including phenoxy) is 1. The monoisotopic (exact) mass is 387 g/mol. The smallest absolute Gasteiger partial charge is 0.119 e. The van der Waals surface area contributed by atoms with Crippen molar-refractivity contribution in [3.05, 3.63) is 83.7 Å². The van der Waals surface area contributed by atoms with E-state index in [1.807, 2.05) is 6.20 Å². The zero-order valence-electron chi connectivity index (χ0n) is 18.0. The van der Waals surface area contributed by atoms with Crippen LogP contribution in [-0.2, 0) is 6.42 Å². The van der Waals surface area contributed by atoms with Crippen molar-refractivity contribution >= 4 is 0 Å². The van der Waals surface area contributed by atoms with Gasteiger partial charge in [-0.1, -0.05) is 82.5 Å². The Morgan fingerprint density at radius 1 is 0.759 bits per heavy atom. The van der Waals surface area contributed by atoms with Gasteiger partial charge in [-0.25, -0.2) is 0 Å². The summed E-state index contributed by atoms with van der Waals surface area (Å²) in [4.78, 5) is 4.61. The highest BCUT2D eigenvalue weighted by atomic mass is 16.5. The minimum Gasteiger partial charge on any atom is -0.494 e. The number of pyridine rings is 1. The lowest BCUT2D eigenvalue weighted by atomic mass is 9.92. The van der Waals surface area contributed by atoms with Crippen LogP contribution in [0.1, 0.15) is 69.2 Å². The summed E-state index contributed by atoms with van der Waals surface area (Å²) in [6, 6.07) is 21.7. The van der Waals surface area contributed by atoms with Crippen molar-refractivity contribution in [2.24, 2.45) is 0 Å². The van der Waals surface area contributed by atoms with Crippen LogP contribution in [0.4, 0.5) is 0 Å². The second-order valence-corrected chi connectivity index (χ2v) is 7.76. The van der Waals surface area contributed by atoms with Gasteiger partial charge in [-0.3, -0.25) is 4.98 Å². The zero-order valence-corrected chi connectivity index (χ0v) is 18.0. The van der Waals surface area contributed by atoms with Gasteiger partial charge in [0.25, 0.3) is 0 Å². The van der Waals surface area contributed by atoms with Crippen LogP contribution in [0, 0.1) is 0 Å². The van der Waals surface area contributed by atoms with E-state index in [2.05, 4.69) is 86.4 Å². The highest BCUT2D eigenvalue weighted by Gasteiger charge is 2.09. The molecule has 0 saturated heterocycles. The molecule has 3 rings (SSSR count). The molecule has 1 aromatic heterocycles. The number of nitrogens with zero attached hydrogens (tertiary/aromatic N) is 1. The van der Waals surface area contributed by atoms with Crippen LogP contribution in [0.3, 0.4) is 0 Å². The van der Waals surface area contributed by atoms with Crippen LogP contribution in [0.15, 0.2) is 66.9 Å². The SMILES string of the molecule is CCCCCOc1ccc(-c2ccc(C(C)c3ccc(CCC)nc3)cc2)cc1. The molecule has 0 amide bonds. The van der Waals surface area contributed by atoms with Crippen LogP contribution in [0.2, 0.25) is 0 Å². The molecule has 2 nitrogen and oxygen atoms in total. The minimum atomic E-state index is 0.339. The largest absolute Gasteiger partial charge is 0.494 e. The maximum Gasteiger partial charge on any atom is 0.119 e. The topological polar surface area (TPSA) is 22.1 Å². The van der Waals surface area contributed by atoms with E-state index in [1.54, 1.807) is 0 Å². The number of rotatable bonds is 10. The Morgan fingerprint density at radius 3 is 2.00 bits per heavy atom. The maximum atomic E-state index is 5.82. The van der Waals surface area contributed by atoms with E-state index in [9.17, 15) is 0 Å². The molecule has 0 fully saturated rings. The van der Waals surface area contributed by atoms with Gasteiger partial charge in [0.1, 0.15) is 5.75 Å². The summed E-state index contributed by atoms with van der Waals surface area (Å²) in [6.45, 7) is 7.44. The van der Waals surface area contributed by atoms with Crippen molar-refractivity contribution in [2.75, 3.05) is 6.61 Å². The molecule has 0 saturated carbocycles. The van der Waals surface area contributed by atoms with Crippen LogP contribution < -0.4 is 4.74 Å². The molecular formula is C27H33NO. The molecule has 2 heteroatoms. The van der Waals surface area contributed by atoms with Crippen LogP contribution >= 0.6 is 0 Å². The van der Waals surface area contributed by atoms with E-state index in [4.69, 9.17) is 4.74 Å². The number of hydrogen-bond donors (Lipinski definition) is 0. The average molecular weight is 388 g/mol. The Hall–Kier alpha value is -2.61. The lowest BCUT2D eigenvalue weighted by Crippen LogP contribution is -1.98. The second kappa shape index (κ2) is 10.8. The predicted octanol–water partition coefficient (Wildman–Crippen LogP) is 7.42. The van der Waals surface area contributed by atoms with Crippen molar-refractivity contribution in [3.8, 4) is 16.9 Å². The molecule has 0 N–H and O–H groups in total. The number of aryl methyl sites for hydroxylation is 1. The molecule has 152 valence electrons. The maximum absolute atomic E-state index is 5.82. The Bertz CT molecular complexity index is 851. The highest BCUT2D eigenvalue weighted by Crippen LogP contribution is 2.28. The Labute approximate surface area is 176 Å². The average Bonchev–Trinajstić information content (AvgIpc) is 2.78. The lowest BCUT2D eigenvalue weighted by molar-refractivity contribution is 0.306. The van der Waals surface area contributed by atoms with Gasteiger partial charge in [0.15, 0.2) is 0 Å². The first kappa shape index (κ1) is 21.1. The van der Waals surface area contributed by atoms with Crippen molar-refractivity contribution in [3.63, 3.8) is 0 Å². The number of unbranched alkanes of at least 4 members (excludes halogenated alkanes) is 2. The number of hydrogen-bond acceptors (Lipinski definition) is 2. The van der Waals surface area contributed by atoms with E-state index in [0.29, 0.717) is 5.92 Å². The van der Waals surface area contributed by atoms with Gasteiger partial charge >= 0.3 is 0 Å². The first-order valence-electron chi connectivity index (χ1n) is 11.0. The van der Waals surface area contributed by atoms with E-state index < -0.39 is 0 Å². The van der Waals surface area contributed by atoms with Gasteiger partial charge in [-0.15, -0.1) is 0 Å². The van der Waals surface area contributed by atoms with Crippen molar-refractivity contribution in [2.45, 2.75) is 58.8 Å². The highest BCUT2D eigenvalue weighted by molar-refractivity contribution is 5.64. The van der Waals surface area contributed by atoms with E-state index in [-0.39, 0.29) is 0 Å². The molecule has 2 aromatic carbocycles. The van der Waals surface area contributed by atoms with Crippen molar-refractivity contribution in [1.29, 1.82) is 0 Å². The van der Waals surface area contributed by atoms with Crippen molar-refractivity contribution < 1.29 is 4.74 Å². The Balaban J connectivity index is 1.63. The summed E-state index contributed by atoms with van der Waals surface area (Å²) in [5, 5.41) is 0. The van der Waals surface area contributed by atoms with Crippen molar-refractivity contribution in [1.82, 2.24) is 4.98 Å². The molecule has 0 spiro atoms. The molecule has 0 aliphatic carbocycles. The van der Waals surface area contributed by atoms with Gasteiger partial charge in [-0.05, 0) is 53.3 Å². The standard InChI is InChI=1S/C27H33NO/c1-4-6-7-19-29-27-17-14-24(15-18-27)23-11-9-22(10-12-23)21(3)25-13-16-26(8-5-2)28-20-25/h9-18,20-21H,4-8,19H2,1-3H3. The van der Waals surface area contributed by atoms with Gasteiger partial charge < -0.3 is 4.74 Å². The fourth-order valence-electron chi connectivity index (χ4n) is 3.54. The van der Waals surface area contributed by atoms with E-state index in [0.717, 1.165) is 31.6 Å². The minimum absolute atomic E-state index is 0.339. The fraction of sp³-hybridized carbons (Fsp3) is 0.370. The Morgan fingerprint density at radius 2 is 1.41 bits per heavy atom. The van der Waals surface area contributed by atoms with Gasteiger partial charge in [0, 0.05) is 17.8 Å². The molecular weight excluding hydrogens is 354 g/mol. The molecule has 0 aliphatic rings. The molecule has 1 atom stereocenters. The predicted molar refractivity (Wildman–Crippen MR) is 123 cm³/mol. The molecule has 0 aliphatic heterocycles. The normalized spacial score (nSPS) is 12.0. The van der Waals surface area contributed by atoms with Crippen LogP contribution in [-0.4, -0.2) is 11.6 Å². The molecule has 0 radical (unpaired) electrons. The third-order valence-corrected chi connectivity index (χ3v) is 5.47. The first-order chi connectivity index (χ1) is 14.2. The molecule has 0 bridgehead atoms. The summed E-state index contributed by atoms with van der Waals surface area (Å²) in [5.74, 6) is 1.29. The summed E-state index contributed by atoms with van der Waals surface area (Å²) in [6.07, 6.45) is 7.78. The number of benzene rings is 2. The lowest BCUT2D eigenvalue weighted by Gasteiger charge is -2.14. The summed E-state index contributed by atoms with van der Waals surface area (Å²) >= 11 is 0. The van der Waals surface area contributed by atoms with Gasteiger partial charge in [-0.2, -0.15) is 0 Å². The molecule has 1 heterocycles. The summed E-state index contributed by atoms with van der Waals surface area (Å²) in [7, 11) is 0. The third-order valence-electron chi connectivity index (χ3n) is 5.47. The molecule has 29 heavy (non-hydrogen) atoms. The number of aromatic nitrogens is 1. The third kappa shape index (κ3) is 5.93.